The van der Waals surface area contributed by atoms with Crippen LogP contribution in [0.15, 0.2) is 24.3 Å². The molecule has 0 saturated heterocycles. The molecule has 1 aromatic carbocycles. The Morgan fingerprint density at radius 2 is 1.74 bits per heavy atom. The second-order valence-electron chi connectivity index (χ2n) is 10.1. The summed E-state index contributed by atoms with van der Waals surface area (Å²) < 4.78 is 5.18. The Balaban J connectivity index is 0.00000100. The number of hydrogen-bond acceptors (Lipinski definition) is 5. The fraction of sp³-hybridized carbons (Fsp3) is 0.600. The number of aryl methyl sites for hydroxylation is 1. The standard InChI is InChI=1S/C21H27N3O7.C4H10/c1-10-6-5-7-11(8-10)22-18(29)23-12-9-21(17(27)28,15-13(12)14(15)16(25)26)24-19(30)31-20(2,3)4;1-3-4-2/h5-8,12-15H,9H2,1-4H3,(H,24,30)(H,25,26)(H,27,28)(H2,22,23,29);3-4H2,1-2H3. The minimum atomic E-state index is -1.85. The Kier molecular flexibility index (Phi) is 8.75. The predicted octanol–water partition coefficient (Wildman–Crippen LogP) is 3.99. The number of carboxylic acids is 2. The number of urea groups is 1. The number of carbonyl (C=O) groups excluding carboxylic acids is 2. The molecule has 5 N–H and O–H groups in total. The third-order valence-electron chi connectivity index (χ3n) is 6.13. The molecule has 194 valence electrons. The number of unbranched alkanes of at least 4 members (excludes halogenated alkanes) is 1. The van der Waals surface area contributed by atoms with Crippen molar-refractivity contribution in [3.8, 4) is 0 Å². The maximum Gasteiger partial charge on any atom is 0.408 e. The van der Waals surface area contributed by atoms with Crippen LogP contribution >= 0.6 is 0 Å². The second-order valence-corrected chi connectivity index (χ2v) is 10.1. The van der Waals surface area contributed by atoms with Crippen LogP contribution in [0.2, 0.25) is 0 Å². The van der Waals surface area contributed by atoms with Gasteiger partial charge in [0.05, 0.1) is 5.92 Å². The Morgan fingerprint density at radius 1 is 1.11 bits per heavy atom. The quantitative estimate of drug-likeness (QED) is 0.403. The number of carbonyl (C=O) groups is 4. The highest BCUT2D eigenvalue weighted by Gasteiger charge is 2.76. The average Bonchev–Trinajstić information content (AvgIpc) is 3.41. The van der Waals surface area contributed by atoms with E-state index in [0.29, 0.717) is 5.69 Å². The SMILES string of the molecule is CCCC.Cc1cccc(NC(=O)NC2CC(NC(=O)OC(C)(C)C)(C(=O)O)C3C(C(=O)O)C23)c1. The summed E-state index contributed by atoms with van der Waals surface area (Å²) in [6.07, 6.45) is 1.54. The van der Waals surface area contributed by atoms with Crippen molar-refractivity contribution in [1.29, 1.82) is 0 Å². The van der Waals surface area contributed by atoms with Crippen LogP contribution < -0.4 is 16.0 Å². The molecule has 2 aliphatic carbocycles. The number of anilines is 1. The van der Waals surface area contributed by atoms with Crippen molar-refractivity contribution in [2.75, 3.05) is 5.32 Å². The summed E-state index contributed by atoms with van der Waals surface area (Å²) in [7, 11) is 0. The van der Waals surface area contributed by atoms with Gasteiger partial charge in [-0.25, -0.2) is 14.4 Å². The Morgan fingerprint density at radius 3 is 2.23 bits per heavy atom. The van der Waals surface area contributed by atoms with Crippen LogP contribution in [0.25, 0.3) is 0 Å². The first-order valence-corrected chi connectivity index (χ1v) is 11.9. The largest absolute Gasteiger partial charge is 0.481 e. The molecule has 5 atom stereocenters. The van der Waals surface area contributed by atoms with Crippen molar-refractivity contribution >= 4 is 29.8 Å². The summed E-state index contributed by atoms with van der Waals surface area (Å²) in [6, 6.07) is 5.78. The van der Waals surface area contributed by atoms with E-state index in [1.54, 1.807) is 39.0 Å². The van der Waals surface area contributed by atoms with Gasteiger partial charge in [0.25, 0.3) is 0 Å². The minimum absolute atomic E-state index is 0.151. The summed E-state index contributed by atoms with van der Waals surface area (Å²) in [5.74, 6) is -5.01. The van der Waals surface area contributed by atoms with Gasteiger partial charge in [0.15, 0.2) is 0 Å². The van der Waals surface area contributed by atoms with E-state index in [2.05, 4.69) is 29.8 Å². The maximum atomic E-state index is 12.5. The number of ether oxygens (including phenoxy) is 1. The Bertz CT molecular complexity index is 957. The zero-order valence-corrected chi connectivity index (χ0v) is 21.2. The number of carboxylic acid groups (broad SMARTS) is 2. The van der Waals surface area contributed by atoms with Gasteiger partial charge in [-0.2, -0.15) is 0 Å². The third kappa shape index (κ3) is 6.86. The first kappa shape index (κ1) is 27.9. The van der Waals surface area contributed by atoms with Crippen molar-refractivity contribution in [2.24, 2.45) is 17.8 Å². The lowest BCUT2D eigenvalue weighted by Gasteiger charge is -2.31. The summed E-state index contributed by atoms with van der Waals surface area (Å²) >= 11 is 0. The fourth-order valence-electron chi connectivity index (χ4n) is 4.52. The molecule has 0 radical (unpaired) electrons. The van der Waals surface area contributed by atoms with E-state index >= 15 is 0 Å². The first-order chi connectivity index (χ1) is 16.3. The van der Waals surface area contributed by atoms with E-state index in [1.165, 1.54) is 12.8 Å². The Labute approximate surface area is 205 Å². The highest BCUT2D eigenvalue weighted by atomic mass is 16.6. The monoisotopic (exact) mass is 491 g/mol. The van der Waals surface area contributed by atoms with Crippen molar-refractivity contribution < 1.29 is 34.1 Å². The summed E-state index contributed by atoms with van der Waals surface area (Å²) in [6.45, 7) is 11.1. The van der Waals surface area contributed by atoms with Crippen LogP contribution in [0, 0.1) is 24.7 Å². The smallest absolute Gasteiger partial charge is 0.408 e. The van der Waals surface area contributed by atoms with Gasteiger partial charge in [0.2, 0.25) is 0 Å². The van der Waals surface area contributed by atoms with Crippen molar-refractivity contribution in [3.63, 3.8) is 0 Å². The van der Waals surface area contributed by atoms with Gasteiger partial charge >= 0.3 is 24.1 Å². The normalized spacial score (nSPS) is 26.3. The maximum absolute atomic E-state index is 12.5. The molecule has 10 heteroatoms. The van der Waals surface area contributed by atoms with Crippen LogP contribution in [0.5, 0.6) is 0 Å². The van der Waals surface area contributed by atoms with Crippen LogP contribution in [0.1, 0.15) is 59.4 Å². The topological polar surface area (TPSA) is 154 Å². The number of benzene rings is 1. The first-order valence-electron chi connectivity index (χ1n) is 11.9. The van der Waals surface area contributed by atoms with Crippen LogP contribution in [-0.4, -0.2) is 51.5 Å². The van der Waals surface area contributed by atoms with E-state index in [9.17, 15) is 29.4 Å². The number of hydrogen-bond donors (Lipinski definition) is 5. The molecule has 10 nitrogen and oxygen atoms in total. The molecule has 2 saturated carbocycles. The second kappa shape index (κ2) is 11.0. The molecule has 5 unspecified atom stereocenters. The zero-order valence-electron chi connectivity index (χ0n) is 21.2. The highest BCUT2D eigenvalue weighted by Crippen LogP contribution is 2.62. The summed E-state index contributed by atoms with van der Waals surface area (Å²) in [4.78, 5) is 48.7. The lowest BCUT2D eigenvalue weighted by Crippen LogP contribution is -2.58. The van der Waals surface area contributed by atoms with Crippen LogP contribution in [0.4, 0.5) is 15.3 Å². The molecule has 2 fully saturated rings. The van der Waals surface area contributed by atoms with E-state index in [4.69, 9.17) is 4.74 Å². The fourth-order valence-corrected chi connectivity index (χ4v) is 4.52. The predicted molar refractivity (Wildman–Crippen MR) is 130 cm³/mol. The van der Waals surface area contributed by atoms with Gasteiger partial charge in [0.1, 0.15) is 11.1 Å². The number of fused-ring (bicyclic) bond motifs is 1. The Hall–Kier alpha value is -3.30. The molecule has 1 aromatic rings. The molecular weight excluding hydrogens is 454 g/mol. The molecule has 0 spiro atoms. The van der Waals surface area contributed by atoms with Crippen molar-refractivity contribution in [2.45, 2.75) is 78.0 Å². The van der Waals surface area contributed by atoms with Crippen LogP contribution in [0.3, 0.4) is 0 Å². The van der Waals surface area contributed by atoms with Gasteiger partial charge < -0.3 is 30.9 Å². The lowest BCUT2D eigenvalue weighted by molar-refractivity contribution is -0.147. The van der Waals surface area contributed by atoms with Crippen molar-refractivity contribution in [1.82, 2.24) is 10.6 Å². The van der Waals surface area contributed by atoms with Gasteiger partial charge in [-0.1, -0.05) is 38.8 Å². The van der Waals surface area contributed by atoms with Gasteiger partial charge in [-0.05, 0) is 51.3 Å². The van der Waals surface area contributed by atoms with Gasteiger partial charge in [-0.3, -0.25) is 4.79 Å². The molecule has 3 rings (SSSR count). The lowest BCUT2D eigenvalue weighted by atomic mass is 9.89. The molecule has 3 amide bonds. The van der Waals surface area contributed by atoms with E-state index < -0.39 is 59.0 Å². The van der Waals surface area contributed by atoms with E-state index in [0.717, 1.165) is 5.56 Å². The zero-order chi connectivity index (χ0) is 26.6. The van der Waals surface area contributed by atoms with E-state index in [-0.39, 0.29) is 6.42 Å². The molecule has 0 bridgehead atoms. The van der Waals surface area contributed by atoms with Crippen molar-refractivity contribution in [3.05, 3.63) is 29.8 Å². The van der Waals surface area contributed by atoms with E-state index in [1.807, 2.05) is 13.0 Å². The minimum Gasteiger partial charge on any atom is -0.481 e. The number of alkyl carbamates (subject to hydrolysis) is 1. The molecule has 35 heavy (non-hydrogen) atoms. The summed E-state index contributed by atoms with van der Waals surface area (Å²) in [5.41, 5.74) is -1.22. The van der Waals surface area contributed by atoms with Gasteiger partial charge in [-0.15, -0.1) is 0 Å². The number of rotatable bonds is 6. The number of nitrogens with one attached hydrogen (secondary N) is 3. The molecular formula is C25H37N3O7. The number of aliphatic carboxylic acids is 2. The molecule has 0 aliphatic heterocycles. The highest BCUT2D eigenvalue weighted by molar-refractivity contribution is 5.92. The number of amides is 3. The summed E-state index contributed by atoms with van der Waals surface area (Å²) in [5, 5.41) is 27.2. The van der Waals surface area contributed by atoms with Gasteiger partial charge in [0, 0.05) is 24.1 Å². The molecule has 0 aromatic heterocycles. The third-order valence-corrected chi connectivity index (χ3v) is 6.13. The molecule has 2 aliphatic rings. The van der Waals surface area contributed by atoms with Crippen LogP contribution in [-0.2, 0) is 14.3 Å². The average molecular weight is 492 g/mol. The molecule has 0 heterocycles.